The Morgan fingerprint density at radius 2 is 1.66 bits per heavy atom. The number of para-hydroxylation sites is 1. The van der Waals surface area contributed by atoms with Crippen LogP contribution in [0.25, 0.3) is 0 Å². The van der Waals surface area contributed by atoms with Gasteiger partial charge in [-0.25, -0.2) is 13.8 Å². The van der Waals surface area contributed by atoms with Gasteiger partial charge in [-0.15, -0.1) is 0 Å². The molecule has 0 aliphatic carbocycles. The topological polar surface area (TPSA) is 118 Å². The normalized spacial score (nSPS) is 11.3. The van der Waals surface area contributed by atoms with Crippen molar-refractivity contribution in [3.8, 4) is 17.2 Å². The Morgan fingerprint density at radius 1 is 1.00 bits per heavy atom. The Kier molecular flexibility index (Phi) is 7.98. The van der Waals surface area contributed by atoms with E-state index in [2.05, 4.69) is 10.5 Å². The summed E-state index contributed by atoms with van der Waals surface area (Å²) in [7, 11) is -1.32. The van der Waals surface area contributed by atoms with Crippen molar-refractivity contribution in [1.82, 2.24) is 5.43 Å². The number of phenolic OH excluding ortho intramolecular Hbond substituents is 1. The van der Waals surface area contributed by atoms with E-state index < -0.39 is 22.5 Å². The van der Waals surface area contributed by atoms with Crippen LogP contribution in [0.1, 0.15) is 16.7 Å². The average Bonchev–Trinajstić information content (AvgIpc) is 2.82. The Hall–Kier alpha value is -4.05. The second-order valence-electron chi connectivity index (χ2n) is 7.73. The summed E-state index contributed by atoms with van der Waals surface area (Å²) in [4.78, 5) is 12.7. The Bertz CT molecular complexity index is 1330. The second kappa shape index (κ2) is 10.9. The predicted octanol–water partition coefficient (Wildman–Crippen LogP) is 3.37. The largest absolute Gasteiger partial charge is 0.507 e. The molecule has 0 saturated carbocycles. The minimum absolute atomic E-state index is 0.00149. The van der Waals surface area contributed by atoms with Crippen LogP contribution < -0.4 is 19.2 Å². The molecule has 0 fully saturated rings. The van der Waals surface area contributed by atoms with Crippen molar-refractivity contribution in [3.63, 3.8) is 0 Å². The lowest BCUT2D eigenvalue weighted by atomic mass is 10.1. The van der Waals surface area contributed by atoms with Gasteiger partial charge in [0.2, 0.25) is 0 Å². The van der Waals surface area contributed by atoms with E-state index in [-0.39, 0.29) is 16.4 Å². The summed E-state index contributed by atoms with van der Waals surface area (Å²) in [6.07, 6.45) is 1.28. The molecule has 0 saturated heterocycles. The smallest absolute Gasteiger partial charge is 0.264 e. The molecule has 0 unspecified atom stereocenters. The molecule has 3 aromatic rings. The molecule has 35 heavy (non-hydrogen) atoms. The van der Waals surface area contributed by atoms with Gasteiger partial charge in [0.25, 0.3) is 15.9 Å². The standard InChI is InChI=1S/C25H27N3O6S/c1-17-11-18(2)13-20(12-17)28(16-25(30)27-26-15-19-7-5-6-8-22(19)29)35(31,32)21-9-10-23(33-3)24(14-21)34-4/h5-15,29H,16H2,1-4H3,(H,27,30)/b26-15-. The first-order valence-corrected chi connectivity index (χ1v) is 12.0. The minimum Gasteiger partial charge on any atom is -0.507 e. The fourth-order valence-corrected chi connectivity index (χ4v) is 4.87. The maximum atomic E-state index is 13.7. The zero-order valence-electron chi connectivity index (χ0n) is 19.8. The van der Waals surface area contributed by atoms with Crippen LogP contribution in [0, 0.1) is 13.8 Å². The molecule has 1 amide bonds. The van der Waals surface area contributed by atoms with E-state index in [1.54, 1.807) is 30.3 Å². The highest BCUT2D eigenvalue weighted by atomic mass is 32.2. The highest BCUT2D eigenvalue weighted by Gasteiger charge is 2.28. The van der Waals surface area contributed by atoms with Gasteiger partial charge in [0.05, 0.1) is 31.0 Å². The van der Waals surface area contributed by atoms with E-state index >= 15 is 0 Å². The molecule has 9 nitrogen and oxygen atoms in total. The molecule has 0 aliphatic heterocycles. The number of nitrogens with one attached hydrogen (secondary N) is 1. The van der Waals surface area contributed by atoms with Crippen LogP contribution in [0.4, 0.5) is 5.69 Å². The van der Waals surface area contributed by atoms with Gasteiger partial charge in [-0.2, -0.15) is 5.10 Å². The van der Waals surface area contributed by atoms with Crippen molar-refractivity contribution in [2.45, 2.75) is 18.7 Å². The number of rotatable bonds is 9. The van der Waals surface area contributed by atoms with Gasteiger partial charge in [0.1, 0.15) is 12.3 Å². The highest BCUT2D eigenvalue weighted by molar-refractivity contribution is 7.92. The zero-order valence-corrected chi connectivity index (χ0v) is 20.7. The number of sulfonamides is 1. The SMILES string of the molecule is COc1ccc(S(=O)(=O)N(CC(=O)N/N=C\c2ccccc2O)c2cc(C)cc(C)c2)cc1OC. The number of hydrazone groups is 1. The molecule has 3 rings (SSSR count). The third-order valence-electron chi connectivity index (χ3n) is 5.05. The number of amides is 1. The summed E-state index contributed by atoms with van der Waals surface area (Å²) >= 11 is 0. The molecule has 2 N–H and O–H groups in total. The molecule has 0 bridgehead atoms. The number of anilines is 1. The fraction of sp³-hybridized carbons (Fsp3) is 0.200. The summed E-state index contributed by atoms with van der Waals surface area (Å²) < 4.78 is 38.8. The molecule has 0 heterocycles. The van der Waals surface area contributed by atoms with E-state index in [0.29, 0.717) is 17.0 Å². The lowest BCUT2D eigenvalue weighted by Crippen LogP contribution is -2.39. The van der Waals surface area contributed by atoms with Crippen molar-refractivity contribution in [2.24, 2.45) is 5.10 Å². The number of ether oxygens (including phenoxy) is 2. The van der Waals surface area contributed by atoms with E-state index in [9.17, 15) is 18.3 Å². The molecule has 3 aromatic carbocycles. The lowest BCUT2D eigenvalue weighted by Gasteiger charge is -2.25. The lowest BCUT2D eigenvalue weighted by molar-refractivity contribution is -0.119. The summed E-state index contributed by atoms with van der Waals surface area (Å²) in [6, 6.07) is 16.0. The molecule has 0 aromatic heterocycles. The van der Waals surface area contributed by atoms with Gasteiger partial charge in [-0.05, 0) is 61.4 Å². The van der Waals surface area contributed by atoms with Gasteiger partial charge in [-0.3, -0.25) is 9.10 Å². The molecule has 10 heteroatoms. The number of phenols is 1. The number of methoxy groups -OCH3 is 2. The van der Waals surface area contributed by atoms with E-state index in [0.717, 1.165) is 15.4 Å². The van der Waals surface area contributed by atoms with Crippen molar-refractivity contribution >= 4 is 27.8 Å². The quantitative estimate of drug-likeness (QED) is 0.346. The summed E-state index contributed by atoms with van der Waals surface area (Å²) in [6.45, 7) is 3.15. The molecule has 0 spiro atoms. The van der Waals surface area contributed by atoms with E-state index in [4.69, 9.17) is 9.47 Å². The molecular formula is C25H27N3O6S. The van der Waals surface area contributed by atoms with E-state index in [1.165, 1.54) is 44.7 Å². The number of carbonyl (C=O) groups is 1. The molecule has 0 radical (unpaired) electrons. The van der Waals surface area contributed by atoms with Gasteiger partial charge >= 0.3 is 0 Å². The molecule has 184 valence electrons. The Balaban J connectivity index is 1.95. The third-order valence-corrected chi connectivity index (χ3v) is 6.82. The molecular weight excluding hydrogens is 470 g/mol. The third kappa shape index (κ3) is 6.10. The van der Waals surface area contributed by atoms with Crippen LogP contribution in [-0.4, -0.2) is 46.4 Å². The van der Waals surface area contributed by atoms with Crippen molar-refractivity contribution in [1.29, 1.82) is 0 Å². The summed E-state index contributed by atoms with van der Waals surface area (Å²) in [5, 5.41) is 13.7. The zero-order chi connectivity index (χ0) is 25.6. The maximum Gasteiger partial charge on any atom is 0.264 e. The number of aryl methyl sites for hydroxylation is 2. The van der Waals surface area contributed by atoms with Gasteiger partial charge in [0, 0.05) is 11.6 Å². The number of aromatic hydroxyl groups is 1. The highest BCUT2D eigenvalue weighted by Crippen LogP contribution is 2.32. The summed E-state index contributed by atoms with van der Waals surface area (Å²) in [5.74, 6) is -0.0513. The minimum atomic E-state index is -4.18. The predicted molar refractivity (Wildman–Crippen MR) is 134 cm³/mol. The van der Waals surface area contributed by atoms with Gasteiger partial charge in [-0.1, -0.05) is 18.2 Å². The van der Waals surface area contributed by atoms with Crippen molar-refractivity contribution in [2.75, 3.05) is 25.1 Å². The van der Waals surface area contributed by atoms with Crippen LogP contribution >= 0.6 is 0 Å². The number of carbonyl (C=O) groups excluding carboxylic acids is 1. The second-order valence-corrected chi connectivity index (χ2v) is 9.59. The Morgan fingerprint density at radius 3 is 2.29 bits per heavy atom. The number of nitrogens with zero attached hydrogens (tertiary/aromatic N) is 2. The summed E-state index contributed by atoms with van der Waals surface area (Å²) in [5.41, 5.74) is 4.73. The van der Waals surface area contributed by atoms with E-state index in [1.807, 2.05) is 19.9 Å². The van der Waals surface area contributed by atoms with Gasteiger partial charge < -0.3 is 14.6 Å². The number of hydrogen-bond donors (Lipinski definition) is 2. The number of hydrogen-bond acceptors (Lipinski definition) is 7. The van der Waals surface area contributed by atoms with Crippen LogP contribution in [0.2, 0.25) is 0 Å². The first-order chi connectivity index (χ1) is 16.6. The van der Waals surface area contributed by atoms with Crippen LogP contribution in [0.5, 0.6) is 17.2 Å². The van der Waals surface area contributed by atoms with Crippen molar-refractivity contribution in [3.05, 3.63) is 77.4 Å². The van der Waals surface area contributed by atoms with Crippen LogP contribution in [0.15, 0.2) is 70.7 Å². The maximum absolute atomic E-state index is 13.7. The monoisotopic (exact) mass is 497 g/mol. The van der Waals surface area contributed by atoms with Crippen LogP contribution in [-0.2, 0) is 14.8 Å². The van der Waals surface area contributed by atoms with Gasteiger partial charge in [0.15, 0.2) is 11.5 Å². The van der Waals surface area contributed by atoms with Crippen molar-refractivity contribution < 1.29 is 27.8 Å². The Labute approximate surface area is 204 Å². The first kappa shape index (κ1) is 25.6. The average molecular weight is 498 g/mol. The molecule has 0 aliphatic rings. The number of benzene rings is 3. The first-order valence-electron chi connectivity index (χ1n) is 10.6. The van der Waals surface area contributed by atoms with Crippen LogP contribution in [0.3, 0.4) is 0 Å². The fourth-order valence-electron chi connectivity index (χ4n) is 3.45. The molecule has 0 atom stereocenters.